The van der Waals surface area contributed by atoms with Crippen molar-refractivity contribution in [3.63, 3.8) is 0 Å². The van der Waals surface area contributed by atoms with Gasteiger partial charge in [0.05, 0.1) is 19.6 Å². The summed E-state index contributed by atoms with van der Waals surface area (Å²) in [5, 5.41) is 17.8. The molecule has 0 aromatic heterocycles. The Labute approximate surface area is 68.7 Å². The molecule has 66 valence electrons. The highest BCUT2D eigenvalue weighted by Crippen LogP contribution is 2.01. The zero-order valence-corrected chi connectivity index (χ0v) is 6.33. The number of amidine groups is 1. The van der Waals surface area contributed by atoms with Gasteiger partial charge in [0, 0.05) is 0 Å². The third kappa shape index (κ3) is 1.59. The fourth-order valence-electron chi connectivity index (χ4n) is 0.938. The van der Waals surface area contributed by atoms with Crippen LogP contribution >= 0.6 is 0 Å². The van der Waals surface area contributed by atoms with Crippen molar-refractivity contribution >= 4 is 17.8 Å². The summed E-state index contributed by atoms with van der Waals surface area (Å²) in [6.07, 6.45) is -0.105. The summed E-state index contributed by atoms with van der Waals surface area (Å²) in [5.74, 6) is -0.544. The predicted molar refractivity (Wildman–Crippen MR) is 39.7 cm³/mol. The van der Waals surface area contributed by atoms with E-state index in [0.29, 0.717) is 0 Å². The topological polar surface area (TPSA) is 93.5 Å². The highest BCUT2D eigenvalue weighted by Gasteiger charge is 2.26. The number of imide groups is 1. The maximum Gasteiger partial charge on any atom is 0.329 e. The van der Waals surface area contributed by atoms with Crippen LogP contribution in [0.1, 0.15) is 6.42 Å². The van der Waals surface area contributed by atoms with Crippen molar-refractivity contribution in [2.75, 3.05) is 13.2 Å². The van der Waals surface area contributed by atoms with E-state index < -0.39 is 11.9 Å². The number of aliphatic hydroxyl groups excluding tert-OH is 1. The van der Waals surface area contributed by atoms with E-state index in [9.17, 15) is 9.59 Å². The number of urea groups is 1. The Morgan fingerprint density at radius 2 is 2.25 bits per heavy atom. The highest BCUT2D eigenvalue weighted by molar-refractivity contribution is 6.14. The van der Waals surface area contributed by atoms with Crippen molar-refractivity contribution in [2.24, 2.45) is 0 Å². The summed E-state index contributed by atoms with van der Waals surface area (Å²) in [4.78, 5) is 22.6. The van der Waals surface area contributed by atoms with E-state index in [-0.39, 0.29) is 25.4 Å². The van der Waals surface area contributed by atoms with Crippen LogP contribution in [-0.2, 0) is 4.79 Å². The second kappa shape index (κ2) is 3.31. The van der Waals surface area contributed by atoms with E-state index in [0.717, 1.165) is 4.90 Å². The Morgan fingerprint density at radius 3 is 2.75 bits per heavy atom. The van der Waals surface area contributed by atoms with E-state index in [1.165, 1.54) is 0 Å². The van der Waals surface area contributed by atoms with Crippen molar-refractivity contribution in [3.05, 3.63) is 0 Å². The predicted octanol–water partition coefficient (Wildman–Crippen LogP) is -1.10. The number of nitrogens with one attached hydrogen (secondary N) is 2. The van der Waals surface area contributed by atoms with Crippen LogP contribution in [0.3, 0.4) is 0 Å². The Morgan fingerprint density at radius 1 is 1.58 bits per heavy atom. The first-order valence-electron chi connectivity index (χ1n) is 3.45. The number of amides is 3. The highest BCUT2D eigenvalue weighted by atomic mass is 16.3. The lowest BCUT2D eigenvalue weighted by Crippen LogP contribution is -2.53. The molecule has 0 atom stereocenters. The lowest BCUT2D eigenvalue weighted by atomic mass is 10.3. The lowest BCUT2D eigenvalue weighted by Gasteiger charge is -2.25. The molecule has 1 fully saturated rings. The molecule has 0 radical (unpaired) electrons. The Balaban J connectivity index is 2.67. The van der Waals surface area contributed by atoms with E-state index in [4.69, 9.17) is 10.5 Å². The molecule has 6 nitrogen and oxygen atoms in total. The summed E-state index contributed by atoms with van der Waals surface area (Å²) in [6, 6.07) is -0.634. The minimum absolute atomic E-state index is 0.0535. The van der Waals surface area contributed by atoms with Gasteiger partial charge < -0.3 is 5.11 Å². The summed E-state index contributed by atoms with van der Waals surface area (Å²) in [6.45, 7) is -0.165. The van der Waals surface area contributed by atoms with Gasteiger partial charge in [0.25, 0.3) is 0 Å². The normalized spacial score (nSPS) is 18.1. The smallest absolute Gasteiger partial charge is 0.329 e. The zero-order chi connectivity index (χ0) is 9.14. The second-order valence-corrected chi connectivity index (χ2v) is 2.35. The van der Waals surface area contributed by atoms with Gasteiger partial charge in [-0.1, -0.05) is 0 Å². The van der Waals surface area contributed by atoms with Crippen molar-refractivity contribution in [2.45, 2.75) is 6.42 Å². The maximum absolute atomic E-state index is 10.9. The van der Waals surface area contributed by atoms with Crippen LogP contribution < -0.4 is 5.32 Å². The van der Waals surface area contributed by atoms with Crippen LogP contribution in [0.4, 0.5) is 4.79 Å². The molecule has 1 aliphatic rings. The van der Waals surface area contributed by atoms with Gasteiger partial charge in [-0.3, -0.25) is 20.4 Å². The molecular weight excluding hydrogens is 162 g/mol. The number of carbonyl (C=O) groups is 2. The fourth-order valence-corrected chi connectivity index (χ4v) is 0.938. The van der Waals surface area contributed by atoms with Crippen molar-refractivity contribution in [1.82, 2.24) is 10.2 Å². The van der Waals surface area contributed by atoms with Gasteiger partial charge in [-0.2, -0.15) is 0 Å². The summed E-state index contributed by atoms with van der Waals surface area (Å²) in [7, 11) is 0. The molecule has 0 bridgehead atoms. The van der Waals surface area contributed by atoms with Crippen LogP contribution in [0.2, 0.25) is 0 Å². The number of hydrogen-bond donors (Lipinski definition) is 3. The molecule has 3 amide bonds. The van der Waals surface area contributed by atoms with Crippen LogP contribution in [0.5, 0.6) is 0 Å². The molecule has 0 aromatic rings. The maximum atomic E-state index is 10.9. The van der Waals surface area contributed by atoms with Crippen molar-refractivity contribution in [3.8, 4) is 0 Å². The zero-order valence-electron chi connectivity index (χ0n) is 6.33. The molecule has 6 heteroatoms. The molecule has 0 spiro atoms. The second-order valence-electron chi connectivity index (χ2n) is 2.35. The van der Waals surface area contributed by atoms with Crippen molar-refractivity contribution < 1.29 is 14.7 Å². The van der Waals surface area contributed by atoms with Crippen LogP contribution in [-0.4, -0.2) is 40.9 Å². The average Bonchev–Trinajstić information content (AvgIpc) is 1.96. The number of β-amino-alcohol motifs (C(OH)–C–C–N with tert-alkyl or cyclic N) is 1. The molecule has 1 saturated heterocycles. The number of rotatable bonds is 2. The van der Waals surface area contributed by atoms with Gasteiger partial charge in [0.2, 0.25) is 5.91 Å². The quantitative estimate of drug-likeness (QED) is 0.492. The number of carbonyl (C=O) groups excluding carboxylic acids is 2. The first-order valence-corrected chi connectivity index (χ1v) is 3.45. The molecule has 1 aliphatic heterocycles. The standard InChI is InChI=1S/C6H9N3O3/c7-4-3-5(11)8-6(12)9(4)1-2-10/h7,10H,1-3H2,(H,8,11,12). The first-order chi connectivity index (χ1) is 5.65. The average molecular weight is 171 g/mol. The van der Waals surface area contributed by atoms with Crippen molar-refractivity contribution in [1.29, 1.82) is 5.41 Å². The van der Waals surface area contributed by atoms with Gasteiger partial charge in [-0.25, -0.2) is 4.79 Å². The van der Waals surface area contributed by atoms with E-state index in [2.05, 4.69) is 0 Å². The summed E-state index contributed by atoms with van der Waals surface area (Å²) in [5.41, 5.74) is 0. The molecule has 0 aliphatic carbocycles. The Hall–Kier alpha value is -1.43. The fraction of sp³-hybridized carbons (Fsp3) is 0.500. The Kier molecular flexibility index (Phi) is 2.39. The number of hydrogen-bond acceptors (Lipinski definition) is 4. The van der Waals surface area contributed by atoms with Gasteiger partial charge in [0.1, 0.15) is 5.84 Å². The largest absolute Gasteiger partial charge is 0.395 e. The molecule has 0 saturated carbocycles. The molecule has 0 unspecified atom stereocenters. The van der Waals surface area contributed by atoms with Crippen LogP contribution in [0.15, 0.2) is 0 Å². The molecule has 0 aromatic carbocycles. The molecular formula is C6H9N3O3. The Bertz CT molecular complexity index is 218. The third-order valence-electron chi connectivity index (χ3n) is 1.47. The van der Waals surface area contributed by atoms with Gasteiger partial charge in [-0.15, -0.1) is 0 Å². The minimum atomic E-state index is -0.634. The monoisotopic (exact) mass is 171 g/mol. The first kappa shape index (κ1) is 8.66. The number of aliphatic hydroxyl groups is 1. The lowest BCUT2D eigenvalue weighted by molar-refractivity contribution is -0.119. The number of nitrogens with zero attached hydrogens (tertiary/aromatic N) is 1. The van der Waals surface area contributed by atoms with Gasteiger partial charge in [-0.05, 0) is 0 Å². The van der Waals surface area contributed by atoms with E-state index in [1.807, 2.05) is 5.32 Å². The molecule has 1 rings (SSSR count). The minimum Gasteiger partial charge on any atom is -0.395 e. The van der Waals surface area contributed by atoms with Crippen LogP contribution in [0, 0.1) is 5.41 Å². The molecule has 3 N–H and O–H groups in total. The SMILES string of the molecule is N=C1CC(=O)NC(=O)N1CCO. The summed E-state index contributed by atoms with van der Waals surface area (Å²) < 4.78 is 0. The third-order valence-corrected chi connectivity index (χ3v) is 1.47. The van der Waals surface area contributed by atoms with E-state index >= 15 is 0 Å². The molecule has 12 heavy (non-hydrogen) atoms. The van der Waals surface area contributed by atoms with Crippen LogP contribution in [0.25, 0.3) is 0 Å². The van der Waals surface area contributed by atoms with E-state index in [1.54, 1.807) is 0 Å². The molecule has 1 heterocycles. The summed E-state index contributed by atoms with van der Waals surface area (Å²) >= 11 is 0. The van der Waals surface area contributed by atoms with Gasteiger partial charge in [0.15, 0.2) is 0 Å². The van der Waals surface area contributed by atoms with Gasteiger partial charge >= 0.3 is 6.03 Å².